The van der Waals surface area contributed by atoms with Crippen molar-refractivity contribution < 1.29 is 24.0 Å². The minimum absolute atomic E-state index is 0.0349. The number of likely N-dealkylation sites (tertiary alicyclic amines) is 1. The number of ether oxygens (including phenoxy) is 2. The van der Waals surface area contributed by atoms with Crippen molar-refractivity contribution in [2.45, 2.75) is 45.8 Å². The minimum atomic E-state index is -0.263. The van der Waals surface area contributed by atoms with E-state index in [4.69, 9.17) is 15.2 Å². The molecule has 1 aromatic rings. The average molecular weight is 376 g/mol. The third kappa shape index (κ3) is 4.91. The number of quaternary nitrogens is 1. The highest BCUT2D eigenvalue weighted by molar-refractivity contribution is 5.78. The van der Waals surface area contributed by atoms with E-state index < -0.39 is 0 Å². The molecule has 148 valence electrons. The molecule has 3 atom stereocenters. The fourth-order valence-electron chi connectivity index (χ4n) is 3.95. The molecule has 1 aromatic carbocycles. The predicted octanol–water partition coefficient (Wildman–Crippen LogP) is -0.195. The van der Waals surface area contributed by atoms with Gasteiger partial charge in [-0.15, -0.1) is 0 Å². The Morgan fingerprint density at radius 2 is 2.22 bits per heavy atom. The average Bonchev–Trinajstić information content (AvgIpc) is 2.99. The minimum Gasteiger partial charge on any atom is -0.494 e. The molecule has 2 aliphatic rings. The maximum atomic E-state index is 12.4. The highest BCUT2D eigenvalue weighted by atomic mass is 16.5. The van der Waals surface area contributed by atoms with E-state index in [2.05, 4.69) is 5.32 Å². The molecule has 0 aliphatic carbocycles. The number of carbonyl (C=O) groups excluding carboxylic acids is 2. The second kappa shape index (κ2) is 8.61. The van der Waals surface area contributed by atoms with E-state index in [0.29, 0.717) is 26.2 Å². The number of rotatable bonds is 7. The highest BCUT2D eigenvalue weighted by Crippen LogP contribution is 2.35. The van der Waals surface area contributed by atoms with Gasteiger partial charge in [0.25, 0.3) is 5.91 Å². The molecular formula is C20H30N3O4+. The summed E-state index contributed by atoms with van der Waals surface area (Å²) in [6, 6.07) is 4.00. The lowest BCUT2D eigenvalue weighted by Crippen LogP contribution is -3.14. The molecule has 4 N–H and O–H groups in total. The number of primary amides is 1. The van der Waals surface area contributed by atoms with E-state index in [1.165, 1.54) is 0 Å². The van der Waals surface area contributed by atoms with Crippen molar-refractivity contribution >= 4 is 11.8 Å². The summed E-state index contributed by atoms with van der Waals surface area (Å²) in [6.45, 7) is 6.84. The molecule has 2 amide bonds. The highest BCUT2D eigenvalue weighted by Gasteiger charge is 2.28. The van der Waals surface area contributed by atoms with E-state index >= 15 is 0 Å². The Labute approximate surface area is 160 Å². The third-order valence-electron chi connectivity index (χ3n) is 5.29. The Morgan fingerprint density at radius 1 is 1.41 bits per heavy atom. The summed E-state index contributed by atoms with van der Waals surface area (Å²) in [4.78, 5) is 24.9. The number of fused-ring (bicyclic) bond motifs is 1. The molecule has 27 heavy (non-hydrogen) atoms. The van der Waals surface area contributed by atoms with Crippen molar-refractivity contribution in [3.8, 4) is 11.5 Å². The van der Waals surface area contributed by atoms with Crippen molar-refractivity contribution in [2.24, 2.45) is 11.7 Å². The molecule has 0 saturated carbocycles. The summed E-state index contributed by atoms with van der Waals surface area (Å²) in [6.07, 6.45) is 2.79. The molecule has 0 bridgehead atoms. The Balaban J connectivity index is 1.58. The van der Waals surface area contributed by atoms with E-state index in [0.717, 1.165) is 53.3 Å². The number of nitrogens with two attached hydrogens (primary N) is 1. The van der Waals surface area contributed by atoms with Crippen LogP contribution in [-0.2, 0) is 22.6 Å². The molecule has 7 heteroatoms. The van der Waals surface area contributed by atoms with Gasteiger partial charge in [0.15, 0.2) is 6.54 Å². The van der Waals surface area contributed by atoms with Gasteiger partial charge in [0.1, 0.15) is 17.6 Å². The lowest BCUT2D eigenvalue weighted by Gasteiger charge is -2.27. The first-order valence-electron chi connectivity index (χ1n) is 9.81. The van der Waals surface area contributed by atoms with Gasteiger partial charge in [0, 0.05) is 24.1 Å². The number of hydrogen-bond donors (Lipinski definition) is 3. The lowest BCUT2D eigenvalue weighted by atomic mass is 9.97. The fourth-order valence-corrected chi connectivity index (χ4v) is 3.95. The van der Waals surface area contributed by atoms with Crippen molar-refractivity contribution in [1.29, 1.82) is 0 Å². The van der Waals surface area contributed by atoms with Gasteiger partial charge in [-0.3, -0.25) is 9.59 Å². The normalized spacial score (nSPS) is 24.0. The van der Waals surface area contributed by atoms with Crippen molar-refractivity contribution in [3.05, 3.63) is 23.3 Å². The summed E-state index contributed by atoms with van der Waals surface area (Å²) in [5.41, 5.74) is 7.48. The van der Waals surface area contributed by atoms with Crippen LogP contribution < -0.4 is 25.4 Å². The van der Waals surface area contributed by atoms with Crippen molar-refractivity contribution in [3.63, 3.8) is 0 Å². The van der Waals surface area contributed by atoms with Crippen LogP contribution in [0.5, 0.6) is 11.5 Å². The molecule has 7 nitrogen and oxygen atoms in total. The first-order chi connectivity index (χ1) is 13.0. The third-order valence-corrected chi connectivity index (χ3v) is 5.29. The second-order valence-corrected chi connectivity index (χ2v) is 7.53. The number of hydrogen-bond acceptors (Lipinski definition) is 4. The largest absolute Gasteiger partial charge is 0.494 e. The van der Waals surface area contributed by atoms with Gasteiger partial charge in [-0.1, -0.05) is 0 Å². The van der Waals surface area contributed by atoms with E-state index in [1.807, 2.05) is 26.0 Å². The van der Waals surface area contributed by atoms with Crippen LogP contribution in [0.25, 0.3) is 0 Å². The maximum absolute atomic E-state index is 12.4. The van der Waals surface area contributed by atoms with Crippen LogP contribution in [0, 0.1) is 5.92 Å². The quantitative estimate of drug-likeness (QED) is 0.614. The smallest absolute Gasteiger partial charge is 0.275 e. The SMILES string of the molecule is CCOc1cc2c(cc1CNC(=O)C[NH+]1CCC[C@H](C(N)=O)C1)O[C@H](C)C2. The topological polar surface area (TPSA) is 95.1 Å². The molecule has 0 spiro atoms. The first kappa shape index (κ1) is 19.5. The molecule has 2 heterocycles. The van der Waals surface area contributed by atoms with Crippen LogP contribution in [0.2, 0.25) is 0 Å². The van der Waals surface area contributed by atoms with Gasteiger partial charge in [-0.2, -0.15) is 0 Å². The zero-order valence-electron chi connectivity index (χ0n) is 16.2. The summed E-state index contributed by atoms with van der Waals surface area (Å²) in [5.74, 6) is 1.25. The van der Waals surface area contributed by atoms with Crippen molar-refractivity contribution in [2.75, 3.05) is 26.2 Å². The number of nitrogens with one attached hydrogen (secondary N) is 2. The first-order valence-corrected chi connectivity index (χ1v) is 9.81. The number of carbonyl (C=O) groups is 2. The van der Waals surface area contributed by atoms with Crippen LogP contribution in [0.15, 0.2) is 12.1 Å². The number of piperidine rings is 1. The van der Waals surface area contributed by atoms with Crippen LogP contribution in [-0.4, -0.2) is 44.2 Å². The zero-order valence-corrected chi connectivity index (χ0v) is 16.2. The molecule has 1 unspecified atom stereocenters. The van der Waals surface area contributed by atoms with Crippen LogP contribution in [0.4, 0.5) is 0 Å². The van der Waals surface area contributed by atoms with Crippen molar-refractivity contribution in [1.82, 2.24) is 5.32 Å². The van der Waals surface area contributed by atoms with Crippen LogP contribution in [0.1, 0.15) is 37.8 Å². The van der Waals surface area contributed by atoms with E-state index in [-0.39, 0.29) is 23.8 Å². The second-order valence-electron chi connectivity index (χ2n) is 7.53. The van der Waals surface area contributed by atoms with Gasteiger partial charge < -0.3 is 25.4 Å². The summed E-state index contributed by atoms with van der Waals surface area (Å²) in [7, 11) is 0. The predicted molar refractivity (Wildman–Crippen MR) is 101 cm³/mol. The maximum Gasteiger partial charge on any atom is 0.275 e. The van der Waals surface area contributed by atoms with Gasteiger partial charge in [0.05, 0.1) is 25.6 Å². The Bertz CT molecular complexity index is 707. The monoisotopic (exact) mass is 376 g/mol. The molecule has 1 saturated heterocycles. The summed E-state index contributed by atoms with van der Waals surface area (Å²) in [5, 5.41) is 2.98. The molecule has 2 aliphatic heterocycles. The van der Waals surface area contributed by atoms with Gasteiger partial charge in [-0.05, 0) is 38.8 Å². The van der Waals surface area contributed by atoms with Crippen LogP contribution in [0.3, 0.4) is 0 Å². The van der Waals surface area contributed by atoms with Gasteiger partial charge in [0.2, 0.25) is 5.91 Å². The number of benzene rings is 1. The molecule has 1 fully saturated rings. The van der Waals surface area contributed by atoms with E-state index in [9.17, 15) is 9.59 Å². The molecule has 0 aromatic heterocycles. The summed E-state index contributed by atoms with van der Waals surface area (Å²) < 4.78 is 11.6. The lowest BCUT2D eigenvalue weighted by molar-refractivity contribution is -0.899. The Morgan fingerprint density at radius 3 is 2.96 bits per heavy atom. The van der Waals surface area contributed by atoms with Gasteiger partial charge in [-0.25, -0.2) is 0 Å². The molecule has 3 rings (SSSR count). The molecule has 0 radical (unpaired) electrons. The van der Waals surface area contributed by atoms with E-state index in [1.54, 1.807) is 0 Å². The fraction of sp³-hybridized carbons (Fsp3) is 0.600. The van der Waals surface area contributed by atoms with Gasteiger partial charge >= 0.3 is 0 Å². The summed E-state index contributed by atoms with van der Waals surface area (Å²) >= 11 is 0. The Hall–Kier alpha value is -2.28. The standard InChI is InChI=1S/C20H29N3O4/c1-3-26-17-8-15-7-13(2)27-18(15)9-16(17)10-22-19(24)12-23-6-4-5-14(11-23)20(21)25/h8-9,13-14H,3-7,10-12H2,1-2H3,(H2,21,25)(H,22,24)/p+1/t13-,14+/m1/s1. The molecular weight excluding hydrogens is 346 g/mol. The zero-order chi connectivity index (χ0) is 19.4. The Kier molecular flexibility index (Phi) is 6.21. The van der Waals surface area contributed by atoms with Crippen LogP contribution >= 0.6 is 0 Å². The number of amides is 2.